The minimum absolute atomic E-state index is 0.239. The standard InChI is InChI=1S/C39H45N3O6S4/c1-50-27-18-16-26(17-19-27)42-30-13-11-12-28(30)29-22-25(15-20-31(29)42)23-32-36(47)41(24-34(45)46)38(51-32)35-37(48)40(39(49)52-35)21-10-8-6-4-2-3-5-7-9-14-33(43)44/h15-20,22-23,28,30H,2-14,21,24H2,1H3,(H,43,44)(H,45,46)/b32-23-,38-35+. The maximum Gasteiger partial charge on any atom is 0.323 e. The number of aromatic nitrogens is 1. The molecule has 3 aliphatic rings. The number of carboxylic acid groups (broad SMARTS) is 2. The Kier molecular flexibility index (Phi) is 13.0. The van der Waals surface area contributed by atoms with Crippen LogP contribution in [0.3, 0.4) is 0 Å². The second-order valence-electron chi connectivity index (χ2n) is 13.7. The van der Waals surface area contributed by atoms with Crippen LogP contribution in [0.15, 0.2) is 52.2 Å². The maximum atomic E-state index is 13.7. The van der Waals surface area contributed by atoms with Crippen LogP contribution in [0.1, 0.15) is 101 Å². The third-order valence-corrected chi connectivity index (χ3v) is 13.6. The number of thiocarbonyl (C=S) groups is 1. The number of aliphatic carboxylic acids is 2. The van der Waals surface area contributed by atoms with Crippen LogP contribution in [0.5, 0.6) is 0 Å². The van der Waals surface area contributed by atoms with Gasteiger partial charge in [0.15, 0.2) is 0 Å². The first kappa shape index (κ1) is 38.3. The summed E-state index contributed by atoms with van der Waals surface area (Å²) in [5.41, 5.74) is 4.11. The molecule has 1 saturated carbocycles. The minimum atomic E-state index is -1.15. The van der Waals surface area contributed by atoms with Crippen molar-refractivity contribution < 1.29 is 24.6 Å². The predicted octanol–water partition coefficient (Wildman–Crippen LogP) is 7.29. The zero-order valence-corrected chi connectivity index (χ0v) is 32.6. The van der Waals surface area contributed by atoms with Crippen molar-refractivity contribution in [3.8, 4) is 0 Å². The summed E-state index contributed by atoms with van der Waals surface area (Å²) in [6, 6.07) is 15.5. The van der Waals surface area contributed by atoms with E-state index in [-0.39, 0.29) is 12.3 Å². The molecule has 3 aromatic rings. The van der Waals surface area contributed by atoms with Crippen molar-refractivity contribution in [2.45, 2.75) is 107 Å². The highest BCUT2D eigenvalue weighted by Gasteiger charge is 2.42. The number of anilines is 2. The molecule has 2 aliphatic heterocycles. The Hall–Kier alpha value is -3.39. The fraction of sp³-hybridized carbons (Fsp3) is 0.462. The quantitative estimate of drug-likeness (QED) is 0.0822. The summed E-state index contributed by atoms with van der Waals surface area (Å²) < 4.78 is 2.34. The Morgan fingerprint density at radius 1 is 0.923 bits per heavy atom. The van der Waals surface area contributed by atoms with E-state index in [0.29, 0.717) is 36.9 Å². The zero-order valence-electron chi connectivity index (χ0n) is 29.4. The molecule has 1 amide bonds. The first-order chi connectivity index (χ1) is 25.2. The molecule has 2 fully saturated rings. The van der Waals surface area contributed by atoms with Crippen LogP contribution in [-0.2, 0) is 20.9 Å². The van der Waals surface area contributed by atoms with Crippen molar-refractivity contribution in [1.29, 1.82) is 0 Å². The van der Waals surface area contributed by atoms with Crippen LogP contribution in [-0.4, -0.2) is 60.7 Å². The van der Waals surface area contributed by atoms with Crippen molar-refractivity contribution in [3.63, 3.8) is 0 Å². The lowest BCUT2D eigenvalue weighted by molar-refractivity contribution is -0.138. The van der Waals surface area contributed by atoms with Gasteiger partial charge in [0, 0.05) is 41.2 Å². The number of benzene rings is 2. The molecule has 2 aromatic carbocycles. The largest absolute Gasteiger partial charge is 0.481 e. The van der Waals surface area contributed by atoms with Gasteiger partial charge in [0.1, 0.15) is 20.4 Å². The molecule has 1 aromatic heterocycles. The molecule has 0 bridgehead atoms. The van der Waals surface area contributed by atoms with Gasteiger partial charge in [-0.25, -0.2) is 0 Å². The average molecular weight is 780 g/mol. The van der Waals surface area contributed by atoms with Crippen molar-refractivity contribution in [2.75, 3.05) is 17.7 Å². The lowest BCUT2D eigenvalue weighted by Crippen LogP contribution is -2.35. The molecule has 2 N–H and O–H groups in total. The van der Waals surface area contributed by atoms with Crippen molar-refractivity contribution in [3.05, 3.63) is 73.1 Å². The van der Waals surface area contributed by atoms with Gasteiger partial charge in [-0.15, -0.1) is 23.1 Å². The summed E-state index contributed by atoms with van der Waals surface area (Å²) in [5.74, 6) is -1.76. The second kappa shape index (κ2) is 17.6. The van der Waals surface area contributed by atoms with Gasteiger partial charge >= 0.3 is 11.9 Å². The zero-order chi connectivity index (χ0) is 36.8. The highest BCUT2D eigenvalue weighted by molar-refractivity contribution is 8.30. The number of nitrogens with zero attached hydrogens (tertiary/aromatic N) is 3. The monoisotopic (exact) mass is 779 g/mol. The number of hydrogen-bond acceptors (Lipinski definition) is 9. The van der Waals surface area contributed by atoms with Gasteiger partial charge in [0.25, 0.3) is 11.5 Å². The molecular formula is C39H45N3O6S4. The van der Waals surface area contributed by atoms with E-state index in [4.69, 9.17) is 17.3 Å². The number of unbranched alkanes of at least 4 members (excludes halogenated alkanes) is 8. The molecule has 1 aliphatic carbocycles. The topological polar surface area (TPSA) is 120 Å². The third kappa shape index (κ3) is 8.69. The number of fused-ring (bicyclic) bond motifs is 3. The Balaban J connectivity index is 1.17. The van der Waals surface area contributed by atoms with Gasteiger partial charge in [0.05, 0.1) is 4.53 Å². The molecule has 6 rings (SSSR count). The highest BCUT2D eigenvalue weighted by atomic mass is 32.2. The van der Waals surface area contributed by atoms with Crippen LogP contribution in [0.4, 0.5) is 11.4 Å². The van der Waals surface area contributed by atoms with Crippen LogP contribution < -0.4 is 19.7 Å². The lowest BCUT2D eigenvalue weighted by Gasteiger charge is -2.27. The van der Waals surface area contributed by atoms with Crippen molar-refractivity contribution in [2.24, 2.45) is 0 Å². The molecular weight excluding hydrogens is 735 g/mol. The van der Waals surface area contributed by atoms with E-state index in [1.165, 1.54) is 26.4 Å². The fourth-order valence-corrected chi connectivity index (χ4v) is 10.6. The smallest absolute Gasteiger partial charge is 0.323 e. The summed E-state index contributed by atoms with van der Waals surface area (Å²) >= 11 is 9.62. The Morgan fingerprint density at radius 3 is 2.29 bits per heavy atom. The summed E-state index contributed by atoms with van der Waals surface area (Å²) in [6.45, 7) is -0.0622. The van der Waals surface area contributed by atoms with Crippen molar-refractivity contribution >= 4 is 91.6 Å². The predicted molar refractivity (Wildman–Crippen MR) is 215 cm³/mol. The molecule has 1 saturated heterocycles. The van der Waals surface area contributed by atoms with Gasteiger partial charge < -0.3 is 15.1 Å². The van der Waals surface area contributed by atoms with Crippen molar-refractivity contribution in [1.82, 2.24) is 9.47 Å². The number of carbonyl (C=O) groups excluding carboxylic acids is 1. The first-order valence-electron chi connectivity index (χ1n) is 18.2. The number of amides is 1. The Labute approximate surface area is 321 Å². The second-order valence-corrected chi connectivity index (χ2v) is 17.2. The lowest BCUT2D eigenvalue weighted by atomic mass is 9.96. The molecule has 9 nitrogen and oxygen atoms in total. The molecule has 3 heterocycles. The molecule has 2 atom stereocenters. The van der Waals surface area contributed by atoms with Crippen LogP contribution in [0, 0.1) is 0 Å². The number of thiazole rings is 1. The van der Waals surface area contributed by atoms with E-state index in [9.17, 15) is 24.3 Å². The number of carboxylic acids is 2. The highest BCUT2D eigenvalue weighted by Crippen LogP contribution is 2.52. The van der Waals surface area contributed by atoms with Gasteiger partial charge in [0.2, 0.25) is 0 Å². The molecule has 0 spiro atoms. The van der Waals surface area contributed by atoms with E-state index >= 15 is 0 Å². The normalized spacial score (nSPS) is 19.5. The molecule has 13 heteroatoms. The minimum Gasteiger partial charge on any atom is -0.481 e. The van der Waals surface area contributed by atoms with E-state index in [0.717, 1.165) is 106 Å². The number of hydrogen-bond donors (Lipinski definition) is 2. The van der Waals surface area contributed by atoms with Gasteiger partial charge in [-0.3, -0.25) is 28.6 Å². The van der Waals surface area contributed by atoms with E-state index in [2.05, 4.69) is 47.6 Å². The maximum absolute atomic E-state index is 13.7. The molecule has 276 valence electrons. The third-order valence-electron chi connectivity index (χ3n) is 10.2. The van der Waals surface area contributed by atoms with E-state index in [1.54, 1.807) is 16.7 Å². The summed E-state index contributed by atoms with van der Waals surface area (Å²) in [5, 5.41) is 18.5. The Bertz CT molecular complexity index is 2010. The molecule has 0 radical (unpaired) electrons. The van der Waals surface area contributed by atoms with Gasteiger partial charge in [-0.1, -0.05) is 81.4 Å². The summed E-state index contributed by atoms with van der Waals surface area (Å²) in [4.78, 5) is 55.5. The molecule has 52 heavy (non-hydrogen) atoms. The first-order valence-corrected chi connectivity index (χ1v) is 21.4. The van der Waals surface area contributed by atoms with Gasteiger partial charge in [-0.2, -0.15) is 0 Å². The van der Waals surface area contributed by atoms with E-state index < -0.39 is 24.0 Å². The fourth-order valence-electron chi connectivity index (χ4n) is 7.67. The SMILES string of the molecule is CSc1ccc(N2c3ccc(/C=c4\s/c(=C5/SC(=S)N(CCCCCCCCCCCC(=O)O)C5=O)n(CC(=O)O)c4=O)cc3C3CCCC32)cc1. The van der Waals surface area contributed by atoms with Gasteiger partial charge in [-0.05, 0) is 85.5 Å². The van der Waals surface area contributed by atoms with Crippen LogP contribution >= 0.6 is 47.1 Å². The molecule has 2 unspecified atom stereocenters. The number of carbonyl (C=O) groups is 3. The summed E-state index contributed by atoms with van der Waals surface area (Å²) in [7, 11) is 0. The number of rotatable bonds is 17. The number of thioether (sulfide) groups is 2. The average Bonchev–Trinajstić information content (AvgIpc) is 3.86. The Morgan fingerprint density at radius 2 is 1.62 bits per heavy atom. The summed E-state index contributed by atoms with van der Waals surface area (Å²) in [6.07, 6.45) is 16.4. The van der Waals surface area contributed by atoms with E-state index in [1.807, 2.05) is 12.1 Å². The van der Waals surface area contributed by atoms with Crippen LogP contribution in [0.25, 0.3) is 11.0 Å². The van der Waals surface area contributed by atoms with Crippen LogP contribution in [0.2, 0.25) is 0 Å².